The van der Waals surface area contributed by atoms with Crippen LogP contribution >= 0.6 is 0 Å². The van der Waals surface area contributed by atoms with Crippen LogP contribution in [0.2, 0.25) is 38.8 Å². The van der Waals surface area contributed by atoms with Crippen LogP contribution < -0.4 is 0 Å². The van der Waals surface area contributed by atoms with Crippen molar-refractivity contribution in [2.75, 3.05) is 0 Å². The molecule has 0 N–H and O–H groups in total. The fourth-order valence-corrected chi connectivity index (χ4v) is 11.4. The molecule has 0 bridgehead atoms. The summed E-state index contributed by atoms with van der Waals surface area (Å²) in [5.41, 5.74) is 1.47. The Morgan fingerprint density at radius 3 is 2.00 bits per heavy atom. The molecule has 18 heavy (non-hydrogen) atoms. The van der Waals surface area contributed by atoms with Gasteiger partial charge >= 0.3 is 0 Å². The van der Waals surface area contributed by atoms with Gasteiger partial charge in [0.2, 0.25) is 0 Å². The van der Waals surface area contributed by atoms with Gasteiger partial charge in [-0.05, 0) is 56.7 Å². The number of benzene rings is 1. The van der Waals surface area contributed by atoms with Gasteiger partial charge in [-0.15, -0.1) is 0 Å². The van der Waals surface area contributed by atoms with Crippen molar-refractivity contribution in [1.82, 2.24) is 0 Å². The van der Waals surface area contributed by atoms with Crippen LogP contribution in [0, 0.1) is 0 Å². The molecule has 0 saturated carbocycles. The third-order valence-electron chi connectivity index (χ3n) is 3.08. The molecule has 0 spiro atoms. The topological polar surface area (TPSA) is 9.23 Å². The number of hydrogen-bond acceptors (Lipinski definition) is 1. The van der Waals surface area contributed by atoms with E-state index in [1.54, 1.807) is 0 Å². The van der Waals surface area contributed by atoms with Crippen LogP contribution in [0.25, 0.3) is 0 Å². The highest BCUT2D eigenvalue weighted by Gasteiger charge is 2.32. The Morgan fingerprint density at radius 2 is 1.56 bits per heavy atom. The molecule has 0 aliphatic heterocycles. The van der Waals surface area contributed by atoms with Gasteiger partial charge in [0, 0.05) is 0 Å². The zero-order valence-electron chi connectivity index (χ0n) is 12.8. The first-order valence-electron chi connectivity index (χ1n) is 6.98. The Hall–Kier alpha value is -0.386. The van der Waals surface area contributed by atoms with Crippen molar-refractivity contribution in [3.8, 4) is 0 Å². The number of rotatable bonds is 6. The minimum Gasteiger partial charge on any atom is -0.456 e. The van der Waals surface area contributed by atoms with Crippen LogP contribution in [-0.2, 0) is 4.12 Å². The Morgan fingerprint density at radius 1 is 1.00 bits per heavy atom. The summed E-state index contributed by atoms with van der Waals surface area (Å²) in [6, 6.07) is 12.1. The highest BCUT2D eigenvalue weighted by Crippen LogP contribution is 2.31. The summed E-state index contributed by atoms with van der Waals surface area (Å²) in [7, 11) is -2.96. The molecular formula is C15H28OSi2. The molecule has 0 aliphatic carbocycles. The van der Waals surface area contributed by atoms with Crippen molar-refractivity contribution in [2.24, 2.45) is 0 Å². The molecule has 1 unspecified atom stereocenters. The van der Waals surface area contributed by atoms with Gasteiger partial charge in [0.1, 0.15) is 0 Å². The van der Waals surface area contributed by atoms with E-state index in [2.05, 4.69) is 70.0 Å². The van der Waals surface area contributed by atoms with E-state index in [0.29, 0.717) is 5.92 Å². The van der Waals surface area contributed by atoms with Gasteiger partial charge in [-0.25, -0.2) is 0 Å². The highest BCUT2D eigenvalue weighted by molar-refractivity contribution is 6.84. The molecule has 102 valence electrons. The lowest BCUT2D eigenvalue weighted by atomic mass is 9.99. The number of hydrogen-bond donors (Lipinski definition) is 0. The summed E-state index contributed by atoms with van der Waals surface area (Å²) < 4.78 is 6.46. The first-order valence-corrected chi connectivity index (χ1v) is 13.5. The van der Waals surface area contributed by atoms with Crippen LogP contribution in [0.1, 0.15) is 24.8 Å². The normalized spacial score (nSPS) is 14.6. The SMILES string of the molecule is CCC(C[Si](C)(C)O[Si](C)(C)C)c1ccccc1. The Balaban J connectivity index is 2.74. The Bertz CT molecular complexity index is 355. The van der Waals surface area contributed by atoms with Gasteiger partial charge < -0.3 is 4.12 Å². The molecule has 1 nitrogen and oxygen atoms in total. The molecule has 3 heteroatoms. The lowest BCUT2D eigenvalue weighted by molar-refractivity contribution is 0.532. The van der Waals surface area contributed by atoms with E-state index in [4.69, 9.17) is 4.12 Å². The molecule has 0 aliphatic rings. The standard InChI is InChI=1S/C15H28OSi2/c1-7-14(15-11-9-8-10-12-15)13-18(5,6)16-17(2,3)4/h8-12,14H,7,13H2,1-6H3. The summed E-state index contributed by atoms with van der Waals surface area (Å²) >= 11 is 0. The molecule has 0 aromatic heterocycles. The highest BCUT2D eigenvalue weighted by atomic mass is 28.4. The second kappa shape index (κ2) is 6.17. The first-order chi connectivity index (χ1) is 8.23. The van der Waals surface area contributed by atoms with Gasteiger partial charge in [0.05, 0.1) is 0 Å². The van der Waals surface area contributed by atoms with Crippen LogP contribution in [0.5, 0.6) is 0 Å². The van der Waals surface area contributed by atoms with Crippen molar-refractivity contribution in [1.29, 1.82) is 0 Å². The molecule has 0 saturated heterocycles. The quantitative estimate of drug-likeness (QED) is 0.648. The van der Waals surface area contributed by atoms with E-state index in [9.17, 15) is 0 Å². The second-order valence-electron chi connectivity index (χ2n) is 6.69. The molecule has 1 atom stereocenters. The summed E-state index contributed by atoms with van der Waals surface area (Å²) in [5, 5.41) is 0. The van der Waals surface area contributed by atoms with E-state index >= 15 is 0 Å². The average molecular weight is 281 g/mol. The Labute approximate surface area is 115 Å². The minimum atomic E-state index is -1.54. The maximum Gasteiger partial charge on any atom is 0.174 e. The van der Waals surface area contributed by atoms with E-state index < -0.39 is 16.6 Å². The third-order valence-corrected chi connectivity index (χ3v) is 9.22. The largest absolute Gasteiger partial charge is 0.456 e. The molecule has 1 aromatic rings. The molecule has 0 amide bonds. The maximum absolute atomic E-state index is 6.46. The summed E-state index contributed by atoms with van der Waals surface area (Å²) in [6.07, 6.45) is 1.20. The van der Waals surface area contributed by atoms with Gasteiger partial charge in [0.25, 0.3) is 0 Å². The zero-order chi connectivity index (χ0) is 13.8. The zero-order valence-corrected chi connectivity index (χ0v) is 14.8. The molecule has 0 fully saturated rings. The van der Waals surface area contributed by atoms with E-state index in [0.717, 1.165) is 0 Å². The average Bonchev–Trinajstić information content (AvgIpc) is 2.24. The van der Waals surface area contributed by atoms with Crippen molar-refractivity contribution >= 4 is 16.6 Å². The predicted molar refractivity (Wildman–Crippen MR) is 86.2 cm³/mol. The lowest BCUT2D eigenvalue weighted by Crippen LogP contribution is -2.43. The van der Waals surface area contributed by atoms with Crippen LogP contribution in [-0.4, -0.2) is 16.6 Å². The maximum atomic E-state index is 6.46. The van der Waals surface area contributed by atoms with Gasteiger partial charge in [-0.3, -0.25) is 0 Å². The van der Waals surface area contributed by atoms with E-state index in [-0.39, 0.29) is 0 Å². The summed E-state index contributed by atoms with van der Waals surface area (Å²) in [5.74, 6) is 0.657. The summed E-state index contributed by atoms with van der Waals surface area (Å²) in [6.45, 7) is 13.9. The lowest BCUT2D eigenvalue weighted by Gasteiger charge is -2.34. The molecule has 0 radical (unpaired) electrons. The minimum absolute atomic E-state index is 0.657. The molecular weight excluding hydrogens is 252 g/mol. The van der Waals surface area contributed by atoms with Crippen LogP contribution in [0.15, 0.2) is 30.3 Å². The van der Waals surface area contributed by atoms with Crippen molar-refractivity contribution in [3.63, 3.8) is 0 Å². The monoisotopic (exact) mass is 280 g/mol. The third kappa shape index (κ3) is 5.50. The van der Waals surface area contributed by atoms with Crippen molar-refractivity contribution in [3.05, 3.63) is 35.9 Å². The fourth-order valence-electron chi connectivity index (χ4n) is 2.69. The van der Waals surface area contributed by atoms with Crippen molar-refractivity contribution in [2.45, 2.75) is 58.0 Å². The summed E-state index contributed by atoms with van der Waals surface area (Å²) in [4.78, 5) is 0. The molecule has 0 heterocycles. The van der Waals surface area contributed by atoms with Gasteiger partial charge in [0.15, 0.2) is 16.6 Å². The van der Waals surface area contributed by atoms with Crippen LogP contribution in [0.4, 0.5) is 0 Å². The van der Waals surface area contributed by atoms with Crippen LogP contribution in [0.3, 0.4) is 0 Å². The van der Waals surface area contributed by atoms with Gasteiger partial charge in [-0.1, -0.05) is 37.3 Å². The van der Waals surface area contributed by atoms with Crippen molar-refractivity contribution < 1.29 is 4.12 Å². The predicted octanol–water partition coefficient (Wildman–Crippen LogP) is 5.24. The molecule has 1 rings (SSSR count). The smallest absolute Gasteiger partial charge is 0.174 e. The molecule has 1 aromatic carbocycles. The van der Waals surface area contributed by atoms with Gasteiger partial charge in [-0.2, -0.15) is 0 Å². The van der Waals surface area contributed by atoms with E-state index in [1.165, 1.54) is 18.0 Å². The first kappa shape index (κ1) is 15.7. The fraction of sp³-hybridized carbons (Fsp3) is 0.600. The Kier molecular flexibility index (Phi) is 5.37. The second-order valence-corrected chi connectivity index (χ2v) is 15.7. The van der Waals surface area contributed by atoms with E-state index in [1.807, 2.05) is 0 Å².